The van der Waals surface area contributed by atoms with Gasteiger partial charge >= 0.3 is 11.9 Å². The van der Waals surface area contributed by atoms with Crippen LogP contribution >= 0.6 is 0 Å². The number of benzene rings is 2. The molecule has 3 aromatic rings. The van der Waals surface area contributed by atoms with E-state index in [4.69, 9.17) is 4.74 Å². The number of esters is 1. The summed E-state index contributed by atoms with van der Waals surface area (Å²) < 4.78 is 6.84. The third-order valence-corrected chi connectivity index (χ3v) is 4.47. The highest BCUT2D eigenvalue weighted by atomic mass is 16.5. The van der Waals surface area contributed by atoms with E-state index in [1.54, 1.807) is 23.7 Å². The van der Waals surface area contributed by atoms with Gasteiger partial charge < -0.3 is 9.84 Å². The highest BCUT2D eigenvalue weighted by Crippen LogP contribution is 2.41. The van der Waals surface area contributed by atoms with Gasteiger partial charge in [0, 0.05) is 17.5 Å². The summed E-state index contributed by atoms with van der Waals surface area (Å²) in [6, 6.07) is 14.6. The molecule has 0 fully saturated rings. The number of rotatable bonds is 4. The van der Waals surface area contributed by atoms with Crippen LogP contribution in [0.4, 0.5) is 0 Å². The predicted molar refractivity (Wildman–Crippen MR) is 94.7 cm³/mol. The van der Waals surface area contributed by atoms with Crippen molar-refractivity contribution in [1.82, 2.24) is 9.78 Å². The number of carbonyl (C=O) groups excluding carboxylic acids is 1. The van der Waals surface area contributed by atoms with Crippen LogP contribution in [0.5, 0.6) is 0 Å². The van der Waals surface area contributed by atoms with E-state index in [0.29, 0.717) is 17.5 Å². The van der Waals surface area contributed by atoms with Gasteiger partial charge in [-0.2, -0.15) is 5.10 Å². The van der Waals surface area contributed by atoms with Gasteiger partial charge in [-0.25, -0.2) is 14.3 Å². The highest BCUT2D eigenvalue weighted by Gasteiger charge is 2.33. The summed E-state index contributed by atoms with van der Waals surface area (Å²) in [5, 5.41) is 14.0. The molecule has 0 atom stereocenters. The van der Waals surface area contributed by atoms with E-state index in [2.05, 4.69) is 5.10 Å². The van der Waals surface area contributed by atoms with E-state index in [9.17, 15) is 14.7 Å². The molecule has 1 aromatic heterocycles. The van der Waals surface area contributed by atoms with Crippen molar-refractivity contribution >= 4 is 11.9 Å². The van der Waals surface area contributed by atoms with Crippen LogP contribution in [0, 0.1) is 0 Å². The molecule has 0 aliphatic heterocycles. The Morgan fingerprint density at radius 2 is 1.88 bits per heavy atom. The van der Waals surface area contributed by atoms with Crippen molar-refractivity contribution in [2.45, 2.75) is 13.3 Å². The van der Waals surface area contributed by atoms with Gasteiger partial charge in [0.1, 0.15) is 0 Å². The molecule has 0 bridgehead atoms. The maximum atomic E-state index is 12.4. The van der Waals surface area contributed by atoms with Crippen LogP contribution in [0.1, 0.15) is 38.9 Å². The van der Waals surface area contributed by atoms with E-state index in [1.165, 1.54) is 0 Å². The Kier molecular flexibility index (Phi) is 3.80. The largest absolute Gasteiger partial charge is 0.478 e. The minimum atomic E-state index is -0.982. The topological polar surface area (TPSA) is 81.4 Å². The number of fused-ring (bicyclic) bond motifs is 3. The molecule has 1 aliphatic carbocycles. The lowest BCUT2D eigenvalue weighted by Gasteiger charge is -2.09. The Bertz CT molecular complexity index is 1020. The number of aromatic carboxylic acids is 1. The lowest BCUT2D eigenvalue weighted by atomic mass is 10.0. The molecule has 6 heteroatoms. The molecule has 2 aromatic carbocycles. The molecule has 0 amide bonds. The second-order valence-electron chi connectivity index (χ2n) is 5.96. The quantitative estimate of drug-likeness (QED) is 0.572. The first-order valence-electron chi connectivity index (χ1n) is 8.31. The Morgan fingerprint density at radius 3 is 2.58 bits per heavy atom. The maximum Gasteiger partial charge on any atom is 0.359 e. The average molecular weight is 348 g/mol. The Labute approximate surface area is 149 Å². The molecule has 0 saturated heterocycles. The zero-order valence-corrected chi connectivity index (χ0v) is 14.1. The number of hydrogen-bond acceptors (Lipinski definition) is 4. The molecule has 0 spiro atoms. The smallest absolute Gasteiger partial charge is 0.359 e. The zero-order valence-electron chi connectivity index (χ0n) is 14.1. The van der Waals surface area contributed by atoms with Gasteiger partial charge in [-0.05, 0) is 30.7 Å². The average Bonchev–Trinajstić information content (AvgIpc) is 3.19. The molecule has 26 heavy (non-hydrogen) atoms. The summed E-state index contributed by atoms with van der Waals surface area (Å²) in [6.07, 6.45) is 0.341. The van der Waals surface area contributed by atoms with Gasteiger partial charge in [-0.1, -0.05) is 30.3 Å². The first-order chi connectivity index (χ1) is 12.6. The standard InChI is InChI=1S/C20H16N2O4/c1-2-26-20(25)17-16-11-15-13(9-6-10-14(15)19(23)24)18(16)22(21-17)12-7-4-3-5-8-12/h3-10H,2,11H2,1H3,(H,23,24). The normalized spacial score (nSPS) is 11.7. The molecule has 0 saturated carbocycles. The predicted octanol–water partition coefficient (Wildman–Crippen LogP) is 3.32. The van der Waals surface area contributed by atoms with E-state index < -0.39 is 11.9 Å². The number of carboxylic acids is 1. The SMILES string of the molecule is CCOC(=O)c1nn(-c2ccccc2)c2c1Cc1c(C(=O)O)cccc1-2. The van der Waals surface area contributed by atoms with Gasteiger partial charge in [-0.15, -0.1) is 0 Å². The lowest BCUT2D eigenvalue weighted by Crippen LogP contribution is -2.10. The van der Waals surface area contributed by atoms with Gasteiger partial charge in [0.15, 0.2) is 5.69 Å². The van der Waals surface area contributed by atoms with Crippen molar-refractivity contribution in [3.63, 3.8) is 0 Å². The van der Waals surface area contributed by atoms with Gasteiger partial charge in [0.25, 0.3) is 0 Å². The van der Waals surface area contributed by atoms with E-state index in [1.807, 2.05) is 36.4 Å². The fourth-order valence-corrected chi connectivity index (χ4v) is 3.39. The molecular formula is C20H16N2O4. The number of aromatic nitrogens is 2. The van der Waals surface area contributed by atoms with Crippen molar-refractivity contribution in [3.05, 3.63) is 70.9 Å². The number of para-hydroxylation sites is 1. The summed E-state index contributed by atoms with van der Waals surface area (Å²) in [5.74, 6) is -1.48. The van der Waals surface area contributed by atoms with E-state index >= 15 is 0 Å². The Morgan fingerprint density at radius 1 is 1.12 bits per heavy atom. The number of ether oxygens (including phenoxy) is 1. The number of hydrogen-bond donors (Lipinski definition) is 1. The molecular weight excluding hydrogens is 332 g/mol. The summed E-state index contributed by atoms with van der Waals surface area (Å²) in [6.45, 7) is 1.99. The number of carbonyl (C=O) groups is 2. The molecule has 6 nitrogen and oxygen atoms in total. The number of nitrogens with zero attached hydrogens (tertiary/aromatic N) is 2. The van der Waals surface area contributed by atoms with Crippen molar-refractivity contribution in [2.24, 2.45) is 0 Å². The van der Waals surface area contributed by atoms with Crippen LogP contribution in [0.15, 0.2) is 48.5 Å². The third kappa shape index (κ3) is 2.38. The van der Waals surface area contributed by atoms with Gasteiger partial charge in [0.2, 0.25) is 0 Å². The van der Waals surface area contributed by atoms with Crippen LogP contribution in [0.3, 0.4) is 0 Å². The second kappa shape index (κ2) is 6.15. The second-order valence-corrected chi connectivity index (χ2v) is 5.96. The summed E-state index contributed by atoms with van der Waals surface area (Å²) in [7, 11) is 0. The summed E-state index contributed by atoms with van der Waals surface area (Å²) in [5.41, 5.74) is 4.21. The van der Waals surface area contributed by atoms with E-state index in [-0.39, 0.29) is 17.9 Å². The highest BCUT2D eigenvalue weighted by molar-refractivity contribution is 5.97. The van der Waals surface area contributed by atoms with Crippen molar-refractivity contribution in [2.75, 3.05) is 6.61 Å². The zero-order chi connectivity index (χ0) is 18.3. The van der Waals surface area contributed by atoms with Gasteiger partial charge in [0.05, 0.1) is 23.6 Å². The van der Waals surface area contributed by atoms with Crippen LogP contribution in [0.2, 0.25) is 0 Å². The summed E-state index contributed by atoms with van der Waals surface area (Å²) >= 11 is 0. The van der Waals surface area contributed by atoms with Gasteiger partial charge in [-0.3, -0.25) is 0 Å². The van der Waals surface area contributed by atoms with Crippen LogP contribution in [0.25, 0.3) is 16.9 Å². The number of carboxylic acid groups (broad SMARTS) is 1. The van der Waals surface area contributed by atoms with Crippen molar-refractivity contribution in [1.29, 1.82) is 0 Å². The van der Waals surface area contributed by atoms with Crippen molar-refractivity contribution in [3.8, 4) is 16.9 Å². The van der Waals surface area contributed by atoms with Crippen molar-refractivity contribution < 1.29 is 19.4 Å². The monoisotopic (exact) mass is 348 g/mol. The van der Waals surface area contributed by atoms with Crippen LogP contribution in [-0.4, -0.2) is 33.4 Å². The molecule has 1 N–H and O–H groups in total. The Hall–Kier alpha value is -3.41. The van der Waals surface area contributed by atoms with Crippen LogP contribution < -0.4 is 0 Å². The molecule has 130 valence electrons. The minimum absolute atomic E-state index is 0.234. The Balaban J connectivity index is 1.97. The lowest BCUT2D eigenvalue weighted by molar-refractivity contribution is 0.0517. The fraction of sp³-hybridized carbons (Fsp3) is 0.150. The summed E-state index contributed by atoms with van der Waals surface area (Å²) in [4.78, 5) is 24.0. The molecule has 1 aliphatic rings. The molecule has 1 heterocycles. The molecule has 0 radical (unpaired) electrons. The maximum absolute atomic E-state index is 12.4. The fourth-order valence-electron chi connectivity index (χ4n) is 3.39. The minimum Gasteiger partial charge on any atom is -0.478 e. The molecule has 4 rings (SSSR count). The van der Waals surface area contributed by atoms with Crippen LogP contribution in [-0.2, 0) is 11.2 Å². The first kappa shape index (κ1) is 16.1. The third-order valence-electron chi connectivity index (χ3n) is 4.47. The first-order valence-corrected chi connectivity index (χ1v) is 8.31. The molecule has 0 unspecified atom stereocenters. The van der Waals surface area contributed by atoms with E-state index in [0.717, 1.165) is 16.9 Å².